The minimum absolute atomic E-state index is 0.577. The topological polar surface area (TPSA) is 3.01 Å². The van der Waals surface area contributed by atoms with Gasteiger partial charge in [-0.2, -0.15) is 0 Å². The molecule has 0 amide bonds. The third-order valence-electron chi connectivity index (χ3n) is 3.69. The molecule has 1 aliphatic heterocycles. The smallest absolute Gasteiger partial charge is 0.0552 e. The molecule has 3 rings (SSSR count). The van der Waals surface area contributed by atoms with Crippen LogP contribution in [0, 0.1) is 0 Å². The van der Waals surface area contributed by atoms with Crippen LogP contribution in [0.25, 0.3) is 0 Å². The number of benzene rings is 2. The van der Waals surface area contributed by atoms with Crippen LogP contribution in [0.5, 0.6) is 0 Å². The molecular weight excluding hydrogens is 218 g/mol. The molecule has 2 aromatic rings. The summed E-state index contributed by atoms with van der Waals surface area (Å²) in [5.41, 5.74) is 2.89. The zero-order valence-corrected chi connectivity index (χ0v) is 10.8. The summed E-state index contributed by atoms with van der Waals surface area (Å²) in [7, 11) is 0. The summed E-state index contributed by atoms with van der Waals surface area (Å²) in [6.45, 7) is 3.43. The zero-order valence-electron chi connectivity index (χ0n) is 10.8. The van der Waals surface area contributed by atoms with Crippen LogP contribution >= 0.6 is 0 Å². The first-order valence-electron chi connectivity index (χ1n) is 6.77. The molecule has 1 fully saturated rings. The van der Waals surface area contributed by atoms with Gasteiger partial charge in [0.15, 0.2) is 0 Å². The Hall–Kier alpha value is -1.60. The molecule has 1 aliphatic rings. The SMILES string of the molecule is CCCN1C(c2ccccc2)[C@H]1c1ccccc1. The third kappa shape index (κ3) is 2.06. The molecule has 0 spiro atoms. The average molecular weight is 237 g/mol. The van der Waals surface area contributed by atoms with E-state index in [0.29, 0.717) is 12.1 Å². The molecule has 2 unspecified atom stereocenters. The molecule has 1 heterocycles. The largest absolute Gasteiger partial charge is 0.286 e. The second-order valence-corrected chi connectivity index (χ2v) is 4.95. The van der Waals surface area contributed by atoms with Crippen molar-refractivity contribution in [1.29, 1.82) is 0 Å². The highest BCUT2D eigenvalue weighted by Crippen LogP contribution is 2.54. The van der Waals surface area contributed by atoms with Gasteiger partial charge in [-0.1, -0.05) is 67.6 Å². The van der Waals surface area contributed by atoms with E-state index in [0.717, 1.165) is 0 Å². The molecule has 1 saturated heterocycles. The molecule has 0 aromatic heterocycles. The van der Waals surface area contributed by atoms with E-state index in [1.807, 2.05) is 0 Å². The molecular formula is C17H19N. The van der Waals surface area contributed by atoms with E-state index >= 15 is 0 Å². The molecule has 18 heavy (non-hydrogen) atoms. The lowest BCUT2D eigenvalue weighted by Crippen LogP contribution is -2.00. The molecule has 92 valence electrons. The lowest BCUT2D eigenvalue weighted by molar-refractivity contribution is 0.482. The van der Waals surface area contributed by atoms with Crippen molar-refractivity contribution < 1.29 is 0 Å². The fraction of sp³-hybridized carbons (Fsp3) is 0.294. The predicted molar refractivity (Wildman–Crippen MR) is 75.4 cm³/mol. The first-order chi connectivity index (χ1) is 8.92. The predicted octanol–water partition coefficient (Wildman–Crippen LogP) is 4.19. The van der Waals surface area contributed by atoms with Crippen molar-refractivity contribution in [3.05, 3.63) is 71.8 Å². The van der Waals surface area contributed by atoms with Gasteiger partial charge >= 0.3 is 0 Å². The van der Waals surface area contributed by atoms with Gasteiger partial charge in [0, 0.05) is 0 Å². The zero-order chi connectivity index (χ0) is 12.4. The quantitative estimate of drug-likeness (QED) is 0.720. The van der Waals surface area contributed by atoms with Crippen LogP contribution in [-0.2, 0) is 0 Å². The second-order valence-electron chi connectivity index (χ2n) is 4.95. The Bertz CT molecular complexity index is 446. The molecule has 3 atom stereocenters. The van der Waals surface area contributed by atoms with Crippen molar-refractivity contribution >= 4 is 0 Å². The van der Waals surface area contributed by atoms with Crippen LogP contribution in [-0.4, -0.2) is 11.4 Å². The maximum absolute atomic E-state index is 2.59. The number of hydrogen-bond donors (Lipinski definition) is 0. The number of nitrogens with zero attached hydrogens (tertiary/aromatic N) is 1. The van der Waals surface area contributed by atoms with E-state index in [1.165, 1.54) is 24.1 Å². The van der Waals surface area contributed by atoms with Crippen LogP contribution in [0.15, 0.2) is 60.7 Å². The lowest BCUT2D eigenvalue weighted by Gasteiger charge is -2.00. The van der Waals surface area contributed by atoms with Gasteiger partial charge in [-0.05, 0) is 24.1 Å². The van der Waals surface area contributed by atoms with Gasteiger partial charge in [0.2, 0.25) is 0 Å². The van der Waals surface area contributed by atoms with Gasteiger partial charge < -0.3 is 0 Å². The summed E-state index contributed by atoms with van der Waals surface area (Å²) >= 11 is 0. The molecule has 2 aromatic carbocycles. The Labute approximate surface area is 109 Å². The summed E-state index contributed by atoms with van der Waals surface area (Å²) in [6, 6.07) is 22.9. The standard InChI is InChI=1S/C17H19N/c1-2-13-18-16(14-9-5-3-6-10-14)17(18)15-11-7-4-8-12-15/h3-12,16-17H,2,13H2,1H3/t16-,17?,18?/m1/s1. The summed E-state index contributed by atoms with van der Waals surface area (Å²) in [5.74, 6) is 0. The average Bonchev–Trinajstić information content (AvgIpc) is 3.15. The third-order valence-corrected chi connectivity index (χ3v) is 3.69. The van der Waals surface area contributed by atoms with Crippen molar-refractivity contribution in [1.82, 2.24) is 4.90 Å². The fourth-order valence-electron chi connectivity index (χ4n) is 2.86. The van der Waals surface area contributed by atoms with Crippen molar-refractivity contribution in [2.75, 3.05) is 6.54 Å². The first kappa shape index (κ1) is 11.5. The monoisotopic (exact) mass is 237 g/mol. The van der Waals surface area contributed by atoms with Gasteiger partial charge in [0.1, 0.15) is 0 Å². The van der Waals surface area contributed by atoms with Gasteiger partial charge in [-0.3, -0.25) is 4.90 Å². The summed E-state index contributed by atoms with van der Waals surface area (Å²) in [6.07, 6.45) is 1.21. The first-order valence-corrected chi connectivity index (χ1v) is 6.77. The molecule has 0 saturated carbocycles. The fourth-order valence-corrected chi connectivity index (χ4v) is 2.86. The minimum Gasteiger partial charge on any atom is -0.286 e. The van der Waals surface area contributed by atoms with Crippen molar-refractivity contribution in [3.8, 4) is 0 Å². The Balaban J connectivity index is 1.86. The second kappa shape index (κ2) is 4.95. The molecule has 1 heteroatoms. The van der Waals surface area contributed by atoms with E-state index < -0.39 is 0 Å². The number of rotatable bonds is 4. The lowest BCUT2D eigenvalue weighted by atomic mass is 10.0. The van der Waals surface area contributed by atoms with Crippen LogP contribution in [0.2, 0.25) is 0 Å². The van der Waals surface area contributed by atoms with Gasteiger partial charge in [0.05, 0.1) is 12.1 Å². The highest BCUT2D eigenvalue weighted by Gasteiger charge is 2.48. The Kier molecular flexibility index (Phi) is 3.16. The summed E-state index contributed by atoms with van der Waals surface area (Å²) in [4.78, 5) is 2.59. The van der Waals surface area contributed by atoms with Gasteiger partial charge in [-0.15, -0.1) is 0 Å². The Morgan fingerprint density at radius 1 is 0.778 bits per heavy atom. The maximum atomic E-state index is 2.59. The van der Waals surface area contributed by atoms with Crippen molar-refractivity contribution in [2.24, 2.45) is 0 Å². The van der Waals surface area contributed by atoms with E-state index in [1.54, 1.807) is 0 Å². The van der Waals surface area contributed by atoms with Gasteiger partial charge in [-0.25, -0.2) is 0 Å². The van der Waals surface area contributed by atoms with E-state index in [9.17, 15) is 0 Å². The van der Waals surface area contributed by atoms with Crippen LogP contribution in [0.1, 0.15) is 36.6 Å². The van der Waals surface area contributed by atoms with Crippen LogP contribution < -0.4 is 0 Å². The van der Waals surface area contributed by atoms with Gasteiger partial charge in [0.25, 0.3) is 0 Å². The number of hydrogen-bond acceptors (Lipinski definition) is 1. The summed E-state index contributed by atoms with van der Waals surface area (Å²) < 4.78 is 0. The van der Waals surface area contributed by atoms with E-state index in [-0.39, 0.29) is 0 Å². The van der Waals surface area contributed by atoms with Crippen molar-refractivity contribution in [2.45, 2.75) is 25.4 Å². The Morgan fingerprint density at radius 3 is 1.61 bits per heavy atom. The van der Waals surface area contributed by atoms with Crippen LogP contribution in [0.3, 0.4) is 0 Å². The molecule has 0 aliphatic carbocycles. The minimum atomic E-state index is 0.577. The maximum Gasteiger partial charge on any atom is 0.0552 e. The molecule has 1 nitrogen and oxygen atoms in total. The molecule has 0 radical (unpaired) electrons. The van der Waals surface area contributed by atoms with E-state index in [2.05, 4.69) is 72.5 Å². The normalized spacial score (nSPS) is 25.9. The molecule has 0 N–H and O–H groups in total. The van der Waals surface area contributed by atoms with Crippen LogP contribution in [0.4, 0.5) is 0 Å². The van der Waals surface area contributed by atoms with E-state index in [4.69, 9.17) is 0 Å². The van der Waals surface area contributed by atoms with Crippen molar-refractivity contribution in [3.63, 3.8) is 0 Å². The summed E-state index contributed by atoms with van der Waals surface area (Å²) in [5, 5.41) is 0. The Morgan fingerprint density at radius 2 is 1.22 bits per heavy atom. The highest BCUT2D eigenvalue weighted by atomic mass is 15.3. The highest BCUT2D eigenvalue weighted by molar-refractivity contribution is 5.34. The molecule has 0 bridgehead atoms.